The molecule has 0 heterocycles. The van der Waals surface area contributed by atoms with Crippen LogP contribution < -0.4 is 19.1 Å². The minimum absolute atomic E-state index is 0.0121. The highest BCUT2D eigenvalue weighted by Crippen LogP contribution is 2.23. The van der Waals surface area contributed by atoms with E-state index >= 15 is 0 Å². The van der Waals surface area contributed by atoms with Gasteiger partial charge in [-0.3, -0.25) is 13.9 Å². The number of benzene rings is 2. The van der Waals surface area contributed by atoms with Crippen LogP contribution in [0.2, 0.25) is 0 Å². The number of carbonyl (C=O) groups excluding carboxylic acids is 2. The molecule has 2 aromatic rings. The fraction of sp³-hybridized carbons (Fsp3) is 0.517. The summed E-state index contributed by atoms with van der Waals surface area (Å²) < 4.78 is 37.1. The highest BCUT2D eigenvalue weighted by Gasteiger charge is 2.29. The van der Waals surface area contributed by atoms with Gasteiger partial charge in [-0.15, -0.1) is 0 Å². The molecule has 2 rings (SSSR count). The van der Waals surface area contributed by atoms with Gasteiger partial charge in [-0.25, -0.2) is 8.42 Å². The van der Waals surface area contributed by atoms with E-state index in [2.05, 4.69) is 5.32 Å². The molecule has 0 unspecified atom stereocenters. The molecular weight excluding hydrogens is 518 g/mol. The van der Waals surface area contributed by atoms with Gasteiger partial charge in [0.25, 0.3) is 0 Å². The maximum atomic E-state index is 13.6. The summed E-state index contributed by atoms with van der Waals surface area (Å²) >= 11 is 0. The third kappa shape index (κ3) is 9.76. The molecular formula is C29H43N3O6S. The van der Waals surface area contributed by atoms with Crippen LogP contribution >= 0.6 is 0 Å². The second-order valence-corrected chi connectivity index (χ2v) is 11.4. The van der Waals surface area contributed by atoms with E-state index in [1.54, 1.807) is 36.3 Å². The van der Waals surface area contributed by atoms with E-state index in [1.165, 1.54) is 4.31 Å². The molecule has 2 atom stereocenters. The lowest BCUT2D eigenvalue weighted by atomic mass is 10.1. The fourth-order valence-electron chi connectivity index (χ4n) is 4.17. The summed E-state index contributed by atoms with van der Waals surface area (Å²) in [6.07, 6.45) is 2.76. The number of amides is 2. The number of methoxy groups -OCH3 is 1. The van der Waals surface area contributed by atoms with Gasteiger partial charge in [0, 0.05) is 25.6 Å². The summed E-state index contributed by atoms with van der Waals surface area (Å²) in [5.74, 6) is 0.951. The highest BCUT2D eigenvalue weighted by molar-refractivity contribution is 7.92. The average molecular weight is 562 g/mol. The van der Waals surface area contributed by atoms with E-state index in [-0.39, 0.29) is 37.4 Å². The Morgan fingerprint density at radius 3 is 2.08 bits per heavy atom. The summed E-state index contributed by atoms with van der Waals surface area (Å²) in [4.78, 5) is 28.3. The van der Waals surface area contributed by atoms with E-state index < -0.39 is 16.1 Å². The van der Waals surface area contributed by atoms with Crippen LogP contribution in [0, 0.1) is 0 Å². The number of sulfonamides is 1. The normalized spacial score (nSPS) is 12.8. The van der Waals surface area contributed by atoms with Crippen LogP contribution in [0.15, 0.2) is 48.5 Å². The average Bonchev–Trinajstić information content (AvgIpc) is 2.91. The first kappa shape index (κ1) is 31.9. The Morgan fingerprint density at radius 1 is 0.949 bits per heavy atom. The Kier molecular flexibility index (Phi) is 12.6. The van der Waals surface area contributed by atoms with Gasteiger partial charge >= 0.3 is 0 Å². The first-order valence-corrected chi connectivity index (χ1v) is 15.3. The van der Waals surface area contributed by atoms with Crippen LogP contribution in [0.4, 0.5) is 5.69 Å². The number of rotatable bonds is 16. The topological polar surface area (TPSA) is 105 Å². The predicted molar refractivity (Wildman–Crippen MR) is 155 cm³/mol. The fourth-order valence-corrected chi connectivity index (χ4v) is 5.13. The molecule has 0 aliphatic heterocycles. The number of hydrogen-bond acceptors (Lipinski definition) is 6. The Morgan fingerprint density at radius 2 is 1.56 bits per heavy atom. The highest BCUT2D eigenvalue weighted by atomic mass is 32.2. The van der Waals surface area contributed by atoms with Gasteiger partial charge in [0.15, 0.2) is 0 Å². The van der Waals surface area contributed by atoms with E-state index in [0.717, 1.165) is 18.2 Å². The Labute approximate surface area is 233 Å². The minimum Gasteiger partial charge on any atom is -0.497 e. The molecule has 0 saturated heterocycles. The van der Waals surface area contributed by atoms with Crippen molar-refractivity contribution >= 4 is 27.5 Å². The molecule has 0 spiro atoms. The second-order valence-electron chi connectivity index (χ2n) is 9.48. The molecule has 10 heteroatoms. The smallest absolute Gasteiger partial charge is 0.243 e. The maximum absolute atomic E-state index is 13.6. The van der Waals surface area contributed by atoms with Crippen molar-refractivity contribution in [2.75, 3.05) is 30.8 Å². The van der Waals surface area contributed by atoms with Crippen LogP contribution in [0.1, 0.15) is 58.9 Å². The lowest BCUT2D eigenvalue weighted by Gasteiger charge is -2.32. The molecule has 39 heavy (non-hydrogen) atoms. The van der Waals surface area contributed by atoms with Crippen LogP contribution in [0.25, 0.3) is 0 Å². The first-order chi connectivity index (χ1) is 18.5. The number of nitrogens with one attached hydrogen (secondary N) is 1. The maximum Gasteiger partial charge on any atom is 0.243 e. The van der Waals surface area contributed by atoms with Gasteiger partial charge in [0.1, 0.15) is 17.5 Å². The van der Waals surface area contributed by atoms with Crippen molar-refractivity contribution in [1.82, 2.24) is 10.2 Å². The molecule has 0 aromatic heterocycles. The largest absolute Gasteiger partial charge is 0.497 e. The van der Waals surface area contributed by atoms with Crippen LogP contribution in [0.3, 0.4) is 0 Å². The molecule has 2 aromatic carbocycles. The number of carbonyl (C=O) groups is 2. The Balaban J connectivity index is 2.21. The zero-order valence-electron chi connectivity index (χ0n) is 24.0. The molecule has 0 radical (unpaired) electrons. The molecule has 9 nitrogen and oxygen atoms in total. The quantitative estimate of drug-likeness (QED) is 0.327. The summed E-state index contributed by atoms with van der Waals surface area (Å²) in [5, 5.41) is 3.00. The lowest BCUT2D eigenvalue weighted by molar-refractivity contribution is -0.141. The van der Waals surface area contributed by atoms with Crippen molar-refractivity contribution in [2.24, 2.45) is 0 Å². The third-order valence-corrected chi connectivity index (χ3v) is 7.68. The molecule has 0 bridgehead atoms. The standard InChI is InChI=1S/C29H43N3O6S/c1-7-22(4)30-29(34)27(8-2)31(21-23-12-16-25(37-5)17-13-23)28(33)11-10-20-32(39(6,35)36)24-14-18-26(19-15-24)38-9-3/h12-19,22,27H,7-11,20-21H2,1-6H3,(H,30,34)/t22-,27-/m0/s1. The summed E-state index contributed by atoms with van der Waals surface area (Å²) in [5.41, 5.74) is 1.37. The zero-order valence-corrected chi connectivity index (χ0v) is 24.8. The minimum atomic E-state index is -3.58. The number of anilines is 1. The van der Waals surface area contributed by atoms with E-state index in [4.69, 9.17) is 9.47 Å². The molecule has 0 saturated carbocycles. The van der Waals surface area contributed by atoms with Crippen LogP contribution in [0.5, 0.6) is 11.5 Å². The van der Waals surface area contributed by atoms with Crippen molar-refractivity contribution in [1.29, 1.82) is 0 Å². The van der Waals surface area contributed by atoms with Crippen molar-refractivity contribution < 1.29 is 27.5 Å². The summed E-state index contributed by atoms with van der Waals surface area (Å²) in [6.45, 7) is 8.58. The number of ether oxygens (including phenoxy) is 2. The van der Waals surface area contributed by atoms with Crippen LogP contribution in [-0.4, -0.2) is 63.7 Å². The first-order valence-electron chi connectivity index (χ1n) is 13.5. The van der Waals surface area contributed by atoms with E-state index in [9.17, 15) is 18.0 Å². The molecule has 2 amide bonds. The third-order valence-electron chi connectivity index (χ3n) is 6.49. The Bertz CT molecular complexity index is 1150. The molecule has 0 fully saturated rings. The Hall–Kier alpha value is -3.27. The van der Waals surface area contributed by atoms with E-state index in [0.29, 0.717) is 36.6 Å². The van der Waals surface area contributed by atoms with Gasteiger partial charge < -0.3 is 19.7 Å². The van der Waals surface area contributed by atoms with Crippen molar-refractivity contribution in [2.45, 2.75) is 72.0 Å². The summed E-state index contributed by atoms with van der Waals surface area (Å²) in [7, 11) is -1.99. The monoisotopic (exact) mass is 561 g/mol. The van der Waals surface area contributed by atoms with E-state index in [1.807, 2.05) is 52.0 Å². The molecule has 0 aliphatic carbocycles. The van der Waals surface area contributed by atoms with Crippen molar-refractivity contribution in [3.8, 4) is 11.5 Å². The van der Waals surface area contributed by atoms with Gasteiger partial charge in [0.2, 0.25) is 21.8 Å². The van der Waals surface area contributed by atoms with Gasteiger partial charge in [-0.2, -0.15) is 0 Å². The number of nitrogens with zero attached hydrogens (tertiary/aromatic N) is 2. The van der Waals surface area contributed by atoms with Crippen molar-refractivity contribution in [3.63, 3.8) is 0 Å². The zero-order chi connectivity index (χ0) is 29.0. The molecule has 0 aliphatic rings. The van der Waals surface area contributed by atoms with Gasteiger partial charge in [0.05, 0.1) is 25.7 Å². The predicted octanol–water partition coefficient (Wildman–Crippen LogP) is 4.36. The lowest BCUT2D eigenvalue weighted by Crippen LogP contribution is -2.50. The van der Waals surface area contributed by atoms with Gasteiger partial charge in [-0.1, -0.05) is 26.0 Å². The van der Waals surface area contributed by atoms with Gasteiger partial charge in [-0.05, 0) is 75.1 Å². The SMILES string of the molecule is CCOc1ccc(N(CCCC(=O)N(Cc2ccc(OC)cc2)[C@@H](CC)C(=O)N[C@@H](C)CC)S(C)(=O)=O)cc1. The number of hydrogen-bond donors (Lipinski definition) is 1. The molecule has 216 valence electrons. The molecule has 1 N–H and O–H groups in total. The summed E-state index contributed by atoms with van der Waals surface area (Å²) in [6, 6.07) is 13.5. The second kappa shape index (κ2) is 15.4. The van der Waals surface area contributed by atoms with Crippen molar-refractivity contribution in [3.05, 3.63) is 54.1 Å². The van der Waals surface area contributed by atoms with Crippen LogP contribution in [-0.2, 0) is 26.2 Å².